The number of hydrogen-bond acceptors (Lipinski definition) is 3. The molecular formula is C14H29N3. The van der Waals surface area contributed by atoms with Crippen LogP contribution in [0.4, 0.5) is 0 Å². The van der Waals surface area contributed by atoms with Gasteiger partial charge in [0.25, 0.3) is 0 Å². The molecule has 100 valence electrons. The van der Waals surface area contributed by atoms with E-state index in [2.05, 4.69) is 29.0 Å². The average molecular weight is 239 g/mol. The van der Waals surface area contributed by atoms with E-state index in [0.717, 1.165) is 12.1 Å². The van der Waals surface area contributed by atoms with E-state index >= 15 is 0 Å². The Morgan fingerprint density at radius 3 is 2.41 bits per heavy atom. The first-order valence-electron chi connectivity index (χ1n) is 7.50. The van der Waals surface area contributed by atoms with Crippen molar-refractivity contribution in [1.29, 1.82) is 0 Å². The fourth-order valence-corrected chi connectivity index (χ4v) is 2.78. The van der Waals surface area contributed by atoms with Gasteiger partial charge in [0.15, 0.2) is 0 Å². The minimum Gasteiger partial charge on any atom is -0.317 e. The van der Waals surface area contributed by atoms with Gasteiger partial charge in [0, 0.05) is 38.3 Å². The van der Waals surface area contributed by atoms with E-state index in [1.807, 2.05) is 0 Å². The van der Waals surface area contributed by atoms with E-state index in [-0.39, 0.29) is 0 Å². The summed E-state index contributed by atoms with van der Waals surface area (Å²) in [5.74, 6) is 0. The largest absolute Gasteiger partial charge is 0.317 e. The van der Waals surface area contributed by atoms with Crippen LogP contribution in [-0.2, 0) is 0 Å². The molecule has 0 aromatic carbocycles. The second-order valence-electron chi connectivity index (χ2n) is 5.69. The molecule has 17 heavy (non-hydrogen) atoms. The second-order valence-corrected chi connectivity index (χ2v) is 5.69. The average Bonchev–Trinajstić information content (AvgIpc) is 3.19. The number of nitrogens with one attached hydrogen (secondary N) is 1. The number of hydrogen-bond donors (Lipinski definition) is 1. The highest BCUT2D eigenvalue weighted by molar-refractivity contribution is 4.88. The third-order valence-electron chi connectivity index (χ3n) is 4.20. The summed E-state index contributed by atoms with van der Waals surface area (Å²) in [4.78, 5) is 5.37. The Bertz CT molecular complexity index is 208. The van der Waals surface area contributed by atoms with Gasteiger partial charge in [-0.3, -0.25) is 9.80 Å². The van der Waals surface area contributed by atoms with Gasteiger partial charge in [0.1, 0.15) is 0 Å². The van der Waals surface area contributed by atoms with Crippen LogP contribution in [0.25, 0.3) is 0 Å². The molecule has 3 heteroatoms. The first kappa shape index (κ1) is 13.3. The molecule has 0 spiro atoms. The summed E-state index contributed by atoms with van der Waals surface area (Å²) < 4.78 is 0. The van der Waals surface area contributed by atoms with Gasteiger partial charge >= 0.3 is 0 Å². The Morgan fingerprint density at radius 1 is 1.12 bits per heavy atom. The van der Waals surface area contributed by atoms with Gasteiger partial charge in [-0.2, -0.15) is 0 Å². The van der Waals surface area contributed by atoms with Gasteiger partial charge in [-0.25, -0.2) is 0 Å². The van der Waals surface area contributed by atoms with E-state index < -0.39 is 0 Å². The molecule has 1 aliphatic carbocycles. The predicted molar refractivity (Wildman–Crippen MR) is 73.4 cm³/mol. The summed E-state index contributed by atoms with van der Waals surface area (Å²) in [6.07, 6.45) is 5.45. The van der Waals surface area contributed by atoms with Gasteiger partial charge in [0.2, 0.25) is 0 Å². The maximum Gasteiger partial charge on any atom is 0.0113 e. The Labute approximate surface area is 107 Å². The van der Waals surface area contributed by atoms with E-state index in [4.69, 9.17) is 0 Å². The standard InChI is InChI=1S/C14H29N3/c1-3-7-15-8-6-13(2)16-9-11-17(12-10-16)14-4-5-14/h13-15H,3-12H2,1-2H3. The summed E-state index contributed by atoms with van der Waals surface area (Å²) in [5.41, 5.74) is 0. The third-order valence-corrected chi connectivity index (χ3v) is 4.20. The van der Waals surface area contributed by atoms with Crippen molar-refractivity contribution in [3.63, 3.8) is 0 Å². The van der Waals surface area contributed by atoms with Crippen LogP contribution in [-0.4, -0.2) is 61.2 Å². The van der Waals surface area contributed by atoms with Crippen LogP contribution in [0.3, 0.4) is 0 Å². The van der Waals surface area contributed by atoms with Crippen molar-refractivity contribution in [2.24, 2.45) is 0 Å². The maximum absolute atomic E-state index is 3.50. The molecule has 0 bridgehead atoms. The molecule has 1 aliphatic heterocycles. The van der Waals surface area contributed by atoms with Crippen molar-refractivity contribution < 1.29 is 0 Å². The van der Waals surface area contributed by atoms with E-state index in [9.17, 15) is 0 Å². The molecule has 0 aromatic heterocycles. The van der Waals surface area contributed by atoms with Crippen LogP contribution < -0.4 is 5.32 Å². The van der Waals surface area contributed by atoms with E-state index in [1.54, 1.807) is 0 Å². The Balaban J connectivity index is 1.58. The van der Waals surface area contributed by atoms with Gasteiger partial charge in [-0.1, -0.05) is 6.92 Å². The van der Waals surface area contributed by atoms with Crippen molar-refractivity contribution in [1.82, 2.24) is 15.1 Å². The lowest BCUT2D eigenvalue weighted by Gasteiger charge is -2.38. The number of rotatable bonds is 7. The summed E-state index contributed by atoms with van der Waals surface area (Å²) in [6.45, 7) is 12.1. The molecule has 1 atom stereocenters. The lowest BCUT2D eigenvalue weighted by atomic mass is 10.1. The molecule has 2 fully saturated rings. The summed E-state index contributed by atoms with van der Waals surface area (Å²) in [5, 5.41) is 3.50. The van der Waals surface area contributed by atoms with Gasteiger partial charge in [-0.05, 0) is 45.7 Å². The van der Waals surface area contributed by atoms with Crippen LogP contribution in [0.2, 0.25) is 0 Å². The fourth-order valence-electron chi connectivity index (χ4n) is 2.78. The minimum absolute atomic E-state index is 0.751. The monoisotopic (exact) mass is 239 g/mol. The van der Waals surface area contributed by atoms with Crippen LogP contribution in [0, 0.1) is 0 Å². The first-order chi connectivity index (χ1) is 8.31. The Kier molecular flexibility index (Phi) is 5.26. The molecule has 1 N–H and O–H groups in total. The lowest BCUT2D eigenvalue weighted by Crippen LogP contribution is -2.50. The van der Waals surface area contributed by atoms with Crippen LogP contribution in [0.15, 0.2) is 0 Å². The van der Waals surface area contributed by atoms with Gasteiger partial charge in [0.05, 0.1) is 0 Å². The van der Waals surface area contributed by atoms with E-state index in [0.29, 0.717) is 0 Å². The van der Waals surface area contributed by atoms with Crippen molar-refractivity contribution in [2.45, 2.75) is 51.6 Å². The summed E-state index contributed by atoms with van der Waals surface area (Å²) in [6, 6.07) is 1.71. The minimum atomic E-state index is 0.751. The van der Waals surface area contributed by atoms with Gasteiger partial charge in [-0.15, -0.1) is 0 Å². The first-order valence-corrected chi connectivity index (χ1v) is 7.50. The molecule has 1 unspecified atom stereocenters. The maximum atomic E-state index is 3.50. The zero-order chi connectivity index (χ0) is 12.1. The molecule has 0 amide bonds. The normalized spacial score (nSPS) is 25.1. The second kappa shape index (κ2) is 6.72. The van der Waals surface area contributed by atoms with Crippen molar-refractivity contribution in [3.05, 3.63) is 0 Å². The molecular weight excluding hydrogens is 210 g/mol. The molecule has 2 aliphatic rings. The van der Waals surface area contributed by atoms with Crippen LogP contribution in [0.1, 0.15) is 39.5 Å². The fraction of sp³-hybridized carbons (Fsp3) is 1.00. The Hall–Kier alpha value is -0.120. The molecule has 0 aromatic rings. The van der Waals surface area contributed by atoms with Crippen molar-refractivity contribution in [3.8, 4) is 0 Å². The number of piperazine rings is 1. The third kappa shape index (κ3) is 4.23. The molecule has 0 radical (unpaired) electrons. The topological polar surface area (TPSA) is 18.5 Å². The molecule has 2 rings (SSSR count). The predicted octanol–water partition coefficient (Wildman–Crippen LogP) is 1.54. The smallest absolute Gasteiger partial charge is 0.0113 e. The highest BCUT2D eigenvalue weighted by Crippen LogP contribution is 2.27. The molecule has 1 saturated carbocycles. The number of nitrogens with zero attached hydrogens (tertiary/aromatic N) is 2. The van der Waals surface area contributed by atoms with Crippen LogP contribution >= 0.6 is 0 Å². The summed E-state index contributed by atoms with van der Waals surface area (Å²) in [7, 11) is 0. The Morgan fingerprint density at radius 2 is 1.82 bits per heavy atom. The molecule has 1 saturated heterocycles. The highest BCUT2D eigenvalue weighted by atomic mass is 15.3. The molecule has 1 heterocycles. The quantitative estimate of drug-likeness (QED) is 0.680. The van der Waals surface area contributed by atoms with Crippen molar-refractivity contribution >= 4 is 0 Å². The summed E-state index contributed by atoms with van der Waals surface area (Å²) >= 11 is 0. The highest BCUT2D eigenvalue weighted by Gasteiger charge is 2.31. The zero-order valence-electron chi connectivity index (χ0n) is 11.6. The van der Waals surface area contributed by atoms with Gasteiger partial charge < -0.3 is 5.32 Å². The molecule has 3 nitrogen and oxygen atoms in total. The van der Waals surface area contributed by atoms with E-state index in [1.165, 1.54) is 65.0 Å². The SMILES string of the molecule is CCCNCCC(C)N1CCN(C2CC2)CC1. The lowest BCUT2D eigenvalue weighted by molar-refractivity contribution is 0.0942. The van der Waals surface area contributed by atoms with Crippen molar-refractivity contribution in [2.75, 3.05) is 39.3 Å². The zero-order valence-corrected chi connectivity index (χ0v) is 11.6. The van der Waals surface area contributed by atoms with Crippen LogP contribution in [0.5, 0.6) is 0 Å².